The quantitative estimate of drug-likeness (QED) is 0.415. The van der Waals surface area contributed by atoms with Crippen LogP contribution in [0.2, 0.25) is 0 Å². The smallest absolute Gasteiger partial charge is 0.379 e. The molecule has 0 aliphatic rings. The number of carbonyl (C=O) groups excluding carboxylic acids is 1. The van der Waals surface area contributed by atoms with Crippen molar-refractivity contribution >= 4 is 15.9 Å². The van der Waals surface area contributed by atoms with Crippen molar-refractivity contribution in [1.29, 1.82) is 0 Å². The van der Waals surface area contributed by atoms with Crippen LogP contribution in [-0.2, 0) is 22.5 Å². The molecule has 0 fully saturated rings. The van der Waals surface area contributed by atoms with Gasteiger partial charge >= 0.3 is 22.5 Å². The van der Waals surface area contributed by atoms with E-state index in [1.807, 2.05) is 0 Å². The molecule has 27 heavy (non-hydrogen) atoms. The largest absolute Gasteiger partial charge is 0.416 e. The van der Waals surface area contributed by atoms with Crippen LogP contribution in [0.25, 0.3) is 0 Å². The van der Waals surface area contributed by atoms with Gasteiger partial charge in [-0.3, -0.25) is 4.79 Å². The molecule has 2 aromatic rings. The molecule has 0 heterocycles. The lowest BCUT2D eigenvalue weighted by Crippen LogP contribution is -2.14. The van der Waals surface area contributed by atoms with Crippen molar-refractivity contribution in [3.63, 3.8) is 0 Å². The summed E-state index contributed by atoms with van der Waals surface area (Å²) in [6.07, 6.45) is -10.3. The summed E-state index contributed by atoms with van der Waals surface area (Å²) in [6, 6.07) is 4.31. The molecule has 0 saturated carbocycles. The maximum absolute atomic E-state index is 12.8. The summed E-state index contributed by atoms with van der Waals surface area (Å²) < 4.78 is 106. The van der Waals surface area contributed by atoms with Crippen LogP contribution in [0.5, 0.6) is 5.75 Å². The van der Waals surface area contributed by atoms with Crippen LogP contribution in [0.1, 0.15) is 28.4 Å². The first-order valence-corrected chi connectivity index (χ1v) is 8.46. The molecule has 0 radical (unpaired) electrons. The van der Waals surface area contributed by atoms with Gasteiger partial charge in [0.15, 0.2) is 5.78 Å². The molecule has 0 atom stereocenters. The fraction of sp³-hybridized carbons (Fsp3) is 0.188. The molecule has 0 bridgehead atoms. The Labute approximate surface area is 149 Å². The van der Waals surface area contributed by atoms with E-state index in [0.717, 1.165) is 24.3 Å². The summed E-state index contributed by atoms with van der Waals surface area (Å²) >= 11 is 0. The third-order valence-electron chi connectivity index (χ3n) is 3.32. The van der Waals surface area contributed by atoms with Gasteiger partial charge in [0.2, 0.25) is 0 Å². The van der Waals surface area contributed by atoms with E-state index in [-0.39, 0.29) is 29.5 Å². The summed E-state index contributed by atoms with van der Waals surface area (Å²) in [5.41, 5.74) is -3.27. The lowest BCUT2D eigenvalue weighted by atomic mass is 10.1. The molecule has 0 saturated heterocycles. The van der Waals surface area contributed by atoms with Crippen molar-refractivity contribution < 1.29 is 43.7 Å². The first kappa shape index (κ1) is 20.7. The lowest BCUT2D eigenvalue weighted by Gasteiger charge is -2.14. The predicted molar refractivity (Wildman–Crippen MR) is 80.7 cm³/mol. The molecule has 146 valence electrons. The molecule has 0 aromatic heterocycles. The highest BCUT2D eigenvalue weighted by molar-refractivity contribution is 7.87. The Hall–Kier alpha value is -2.56. The fourth-order valence-electron chi connectivity index (χ4n) is 2.01. The van der Waals surface area contributed by atoms with E-state index in [0.29, 0.717) is 0 Å². The van der Waals surface area contributed by atoms with Crippen LogP contribution in [0.3, 0.4) is 0 Å². The molecule has 0 N–H and O–H groups in total. The number of hydrogen-bond donors (Lipinski definition) is 0. The average Bonchev–Trinajstić information content (AvgIpc) is 2.52. The predicted octanol–water partition coefficient (Wildman–Crippen LogP) is 4.69. The summed E-state index contributed by atoms with van der Waals surface area (Å²) in [5.74, 6) is -1.51. The van der Waals surface area contributed by atoms with Crippen LogP contribution in [0, 0.1) is 0 Å². The molecular formula is C16H10F6O4S. The molecule has 11 heteroatoms. The monoisotopic (exact) mass is 412 g/mol. The molecule has 0 aliphatic carbocycles. The highest BCUT2D eigenvalue weighted by Crippen LogP contribution is 2.38. The van der Waals surface area contributed by atoms with E-state index in [1.54, 1.807) is 0 Å². The topological polar surface area (TPSA) is 60.4 Å². The van der Waals surface area contributed by atoms with Crippen LogP contribution in [0.4, 0.5) is 26.3 Å². The molecule has 0 aliphatic heterocycles. The SMILES string of the molecule is CC(=O)c1ccc(S(=O)(=O)Oc2cc(C(F)(F)F)cc(C(F)(F)F)c2)cc1. The van der Waals surface area contributed by atoms with Crippen molar-refractivity contribution in [3.05, 3.63) is 59.2 Å². The minimum absolute atomic E-state index is 0.150. The van der Waals surface area contributed by atoms with Crippen LogP contribution < -0.4 is 4.18 Å². The van der Waals surface area contributed by atoms with Crippen molar-refractivity contribution in [2.75, 3.05) is 0 Å². The van der Waals surface area contributed by atoms with Crippen LogP contribution >= 0.6 is 0 Å². The molecule has 0 unspecified atom stereocenters. The Bertz CT molecular complexity index is 928. The van der Waals surface area contributed by atoms with Gasteiger partial charge in [-0.25, -0.2) is 0 Å². The van der Waals surface area contributed by atoms with Gasteiger partial charge in [0.05, 0.1) is 11.1 Å². The number of benzene rings is 2. The number of rotatable bonds is 4. The van der Waals surface area contributed by atoms with Gasteiger partial charge < -0.3 is 4.18 Å². The molecular weight excluding hydrogens is 402 g/mol. The van der Waals surface area contributed by atoms with E-state index in [1.165, 1.54) is 6.92 Å². The van der Waals surface area contributed by atoms with Crippen molar-refractivity contribution in [1.82, 2.24) is 0 Å². The van der Waals surface area contributed by atoms with Gasteiger partial charge in [-0.05, 0) is 37.3 Å². The van der Waals surface area contributed by atoms with E-state index in [9.17, 15) is 39.6 Å². The highest BCUT2D eigenvalue weighted by atomic mass is 32.2. The number of carbonyl (C=O) groups is 1. The zero-order chi connectivity index (χ0) is 20.6. The van der Waals surface area contributed by atoms with E-state index >= 15 is 0 Å². The van der Waals surface area contributed by atoms with Gasteiger partial charge in [-0.15, -0.1) is 0 Å². The number of ketones is 1. The van der Waals surface area contributed by atoms with Crippen molar-refractivity contribution in [2.45, 2.75) is 24.2 Å². The maximum Gasteiger partial charge on any atom is 0.416 e. The summed E-state index contributed by atoms with van der Waals surface area (Å²) in [4.78, 5) is 10.6. The standard InChI is InChI=1S/C16H10F6O4S/c1-9(23)10-2-4-14(5-3-10)27(24,25)26-13-7-11(15(17,18)19)6-12(8-13)16(20,21)22/h2-8H,1H3. The van der Waals surface area contributed by atoms with Crippen molar-refractivity contribution in [2.24, 2.45) is 0 Å². The van der Waals surface area contributed by atoms with Crippen molar-refractivity contribution in [3.8, 4) is 5.75 Å². The highest BCUT2D eigenvalue weighted by Gasteiger charge is 2.37. The van der Waals surface area contributed by atoms with Crippen LogP contribution in [0.15, 0.2) is 47.4 Å². The second-order valence-electron chi connectivity index (χ2n) is 5.36. The normalized spacial score (nSPS) is 12.7. The Balaban J connectivity index is 2.47. The maximum atomic E-state index is 12.8. The summed E-state index contributed by atoms with van der Waals surface area (Å²) in [6.45, 7) is 1.22. The second kappa shape index (κ2) is 6.87. The number of Topliss-reactive ketones (excluding diaryl/α,β-unsaturated/α-hetero) is 1. The third kappa shape index (κ3) is 5.00. The first-order chi connectivity index (χ1) is 12.2. The number of hydrogen-bond acceptors (Lipinski definition) is 4. The second-order valence-corrected chi connectivity index (χ2v) is 6.91. The number of alkyl halides is 6. The molecule has 2 aromatic carbocycles. The number of halogens is 6. The molecule has 0 amide bonds. The Morgan fingerprint density at radius 2 is 1.30 bits per heavy atom. The molecule has 2 rings (SSSR count). The summed E-state index contributed by atoms with van der Waals surface area (Å²) in [7, 11) is -4.73. The van der Waals surface area contributed by atoms with Gasteiger partial charge in [0.1, 0.15) is 10.6 Å². The van der Waals surface area contributed by atoms with Gasteiger partial charge in [-0.2, -0.15) is 34.8 Å². The Morgan fingerprint density at radius 1 is 0.852 bits per heavy atom. The minimum atomic E-state index is -5.15. The summed E-state index contributed by atoms with van der Waals surface area (Å²) in [5, 5.41) is 0. The average molecular weight is 412 g/mol. The third-order valence-corrected chi connectivity index (χ3v) is 4.58. The van der Waals surface area contributed by atoms with E-state index in [4.69, 9.17) is 0 Å². The zero-order valence-corrected chi connectivity index (χ0v) is 14.2. The Kier molecular flexibility index (Phi) is 5.28. The van der Waals surface area contributed by atoms with E-state index in [2.05, 4.69) is 4.18 Å². The van der Waals surface area contributed by atoms with Gasteiger partial charge in [0, 0.05) is 5.56 Å². The van der Waals surface area contributed by atoms with Gasteiger partial charge in [0.25, 0.3) is 0 Å². The minimum Gasteiger partial charge on any atom is -0.379 e. The van der Waals surface area contributed by atoms with Gasteiger partial charge in [-0.1, -0.05) is 12.1 Å². The van der Waals surface area contributed by atoms with E-state index < -0.39 is 44.2 Å². The molecule has 0 spiro atoms. The zero-order valence-electron chi connectivity index (χ0n) is 13.4. The fourth-order valence-corrected chi connectivity index (χ4v) is 2.92. The Morgan fingerprint density at radius 3 is 1.67 bits per heavy atom. The molecule has 4 nitrogen and oxygen atoms in total. The first-order valence-electron chi connectivity index (χ1n) is 7.05. The van der Waals surface area contributed by atoms with Crippen LogP contribution in [-0.4, -0.2) is 14.2 Å². The lowest BCUT2D eigenvalue weighted by molar-refractivity contribution is -0.143.